The topological polar surface area (TPSA) is 139 Å². The standard InChI is InChI=1S/C32H35F4N5O.C32H37F4N3O/c1-20-19-41(11-10-30(20)8-6-22-4-2-3-5-27(22)30)26-7-9-31(16-26,28-14-23(28)18-39-40-37)29(42)38-17-21-12-24(32(34,35)36)15-25(33)13-21;1-20-19-39(11-10-30(20)8-6-22-4-2-3-5-27(22)30)26-7-9-31(16-26,28-14-23(28)17-37)29(40)38-18-21-12-24(32(34,35)36)15-25(33)13-21/h2-6,8,12-13,15,20,23,26,28H,7,9-11,14,16-19H2,1H3,(H,38,42);2-6,8,12-13,15,20,23,26,28H,7,9-11,14,16-19,37H2,1H3,(H,38,40)/t2*20-,23?,26?,28?,30-,31?/m00/s1. The predicted octanol–water partition coefficient (Wildman–Crippen LogP) is 13.2. The van der Waals surface area contributed by atoms with Crippen LogP contribution >= 0.6 is 0 Å². The number of benzene rings is 4. The number of hydrogen-bond donors (Lipinski definition) is 3. The van der Waals surface area contributed by atoms with E-state index in [1.807, 2.05) is 0 Å². The summed E-state index contributed by atoms with van der Waals surface area (Å²) in [6.45, 7) is 8.91. The fraction of sp³-hybridized carbons (Fsp3) is 0.531. The molecule has 2 amide bonds. The van der Waals surface area contributed by atoms with Gasteiger partial charge in [-0.3, -0.25) is 19.4 Å². The predicted molar refractivity (Wildman–Crippen MR) is 298 cm³/mol. The Morgan fingerprint density at radius 1 is 0.659 bits per heavy atom. The molecule has 0 bridgehead atoms. The van der Waals surface area contributed by atoms with E-state index in [1.165, 1.54) is 22.3 Å². The van der Waals surface area contributed by atoms with E-state index in [1.54, 1.807) is 0 Å². The van der Waals surface area contributed by atoms with Crippen molar-refractivity contribution in [2.24, 2.45) is 57.2 Å². The van der Waals surface area contributed by atoms with Gasteiger partial charge >= 0.3 is 12.4 Å². The molecule has 436 valence electrons. The van der Waals surface area contributed by atoms with E-state index in [2.05, 4.69) is 117 Å². The number of allylic oxidation sites excluding steroid dienone is 2. The summed E-state index contributed by atoms with van der Waals surface area (Å²) in [6.07, 6.45) is 8.17. The number of halogens is 8. The van der Waals surface area contributed by atoms with Crippen LogP contribution in [0.3, 0.4) is 0 Å². The van der Waals surface area contributed by atoms with Gasteiger partial charge in [0.25, 0.3) is 0 Å². The van der Waals surface area contributed by atoms with Gasteiger partial charge in [-0.15, -0.1) is 0 Å². The molecule has 6 fully saturated rings. The zero-order chi connectivity index (χ0) is 58.0. The number of azide groups is 1. The van der Waals surface area contributed by atoms with E-state index in [-0.39, 0.29) is 76.7 Å². The van der Waals surface area contributed by atoms with Gasteiger partial charge in [0.05, 0.1) is 22.0 Å². The molecule has 82 heavy (non-hydrogen) atoms. The number of hydrogen-bond acceptors (Lipinski definition) is 6. The summed E-state index contributed by atoms with van der Waals surface area (Å²) in [5.74, 6) is -0.839. The van der Waals surface area contributed by atoms with Gasteiger partial charge in [0.15, 0.2) is 0 Å². The van der Waals surface area contributed by atoms with Crippen molar-refractivity contribution in [3.8, 4) is 0 Å². The minimum atomic E-state index is -4.68. The van der Waals surface area contributed by atoms with Crippen molar-refractivity contribution >= 4 is 24.0 Å². The highest BCUT2D eigenvalue weighted by Gasteiger charge is 2.62. The quantitative estimate of drug-likeness (QED) is 0.0529. The Labute approximate surface area is 474 Å². The molecule has 0 radical (unpaired) electrons. The first-order valence-electron chi connectivity index (χ1n) is 29.2. The molecule has 4 N–H and O–H groups in total. The monoisotopic (exact) mass is 1140 g/mol. The maximum Gasteiger partial charge on any atom is 0.416 e. The maximum atomic E-state index is 14.0. The largest absolute Gasteiger partial charge is 0.416 e. The van der Waals surface area contributed by atoms with Crippen LogP contribution in [0, 0.1) is 58.0 Å². The van der Waals surface area contributed by atoms with Crippen molar-refractivity contribution in [3.05, 3.63) is 164 Å². The average Bonchev–Trinajstić information content (AvgIpc) is 4.19. The number of nitrogens with zero attached hydrogens (tertiary/aromatic N) is 5. The second kappa shape index (κ2) is 22.2. The van der Waals surface area contributed by atoms with Gasteiger partial charge in [0.2, 0.25) is 11.8 Å². The lowest BCUT2D eigenvalue weighted by Crippen LogP contribution is -2.51. The first-order valence-corrected chi connectivity index (χ1v) is 29.2. The maximum absolute atomic E-state index is 14.0. The van der Waals surface area contributed by atoms with Gasteiger partial charge in [-0.1, -0.05) is 91.8 Å². The minimum absolute atomic E-state index is 0.0251. The summed E-state index contributed by atoms with van der Waals surface area (Å²) in [4.78, 5) is 35.6. The molecule has 8 unspecified atom stereocenters. The van der Waals surface area contributed by atoms with Crippen LogP contribution in [0.15, 0.2) is 102 Å². The Balaban J connectivity index is 0.000000172. The third-order valence-electron chi connectivity index (χ3n) is 20.9. The number of fused-ring (bicyclic) bond motifs is 4. The van der Waals surface area contributed by atoms with E-state index in [0.29, 0.717) is 55.8 Å². The molecule has 4 aromatic rings. The Hall–Kier alpha value is -6.07. The number of nitrogens with two attached hydrogens (primary N) is 1. The van der Waals surface area contributed by atoms with E-state index >= 15 is 0 Å². The molecule has 2 heterocycles. The molecule has 4 aromatic carbocycles. The van der Waals surface area contributed by atoms with Crippen LogP contribution in [-0.2, 0) is 45.9 Å². The third kappa shape index (κ3) is 10.9. The third-order valence-corrected chi connectivity index (χ3v) is 20.9. The van der Waals surface area contributed by atoms with Gasteiger partial charge in [-0.2, -0.15) is 26.3 Å². The summed E-state index contributed by atoms with van der Waals surface area (Å²) in [7, 11) is 0. The highest BCUT2D eigenvalue weighted by molar-refractivity contribution is 5.85. The minimum Gasteiger partial charge on any atom is -0.352 e. The SMILES string of the molecule is C[C@H]1CN(C2CCC(C(=O)NCc3cc(F)cc(C(F)(F)F)c3)(C3CC3CN)C2)CC[C@@]12C=Cc1ccccc12.C[C@H]1CN(C2CCC(C(=O)NCc3cc(F)cc(C(F)(F)F)c3)(C3CC3CN=[N+]=[N-])C2)CC[C@@]12C=Cc1ccccc12. The summed E-state index contributed by atoms with van der Waals surface area (Å²) < 4.78 is 107. The summed E-state index contributed by atoms with van der Waals surface area (Å²) in [5, 5.41) is 9.50. The molecule has 12 rings (SSSR count). The molecule has 2 aliphatic heterocycles. The number of rotatable bonds is 13. The van der Waals surface area contributed by atoms with Crippen molar-refractivity contribution in [1.29, 1.82) is 0 Å². The fourth-order valence-corrected chi connectivity index (χ4v) is 16.3. The van der Waals surface area contributed by atoms with Gasteiger partial charge in [0, 0.05) is 60.5 Å². The highest BCUT2D eigenvalue weighted by Crippen LogP contribution is 2.61. The first-order chi connectivity index (χ1) is 39.1. The number of nitrogens with one attached hydrogen (secondary N) is 2. The molecular weight excluding hydrogens is 1060 g/mol. The molecule has 2 saturated heterocycles. The second-order valence-corrected chi connectivity index (χ2v) is 25.2. The van der Waals surface area contributed by atoms with Crippen molar-refractivity contribution in [3.63, 3.8) is 0 Å². The van der Waals surface area contributed by atoms with E-state index in [0.717, 1.165) is 102 Å². The lowest BCUT2D eigenvalue weighted by Gasteiger charge is -2.46. The summed E-state index contributed by atoms with van der Waals surface area (Å²) >= 11 is 0. The van der Waals surface area contributed by atoms with Crippen LogP contribution < -0.4 is 16.4 Å². The smallest absolute Gasteiger partial charge is 0.352 e. The Morgan fingerprint density at radius 3 is 1.51 bits per heavy atom. The molecule has 8 aliphatic rings. The molecule has 6 aliphatic carbocycles. The van der Waals surface area contributed by atoms with Crippen molar-refractivity contribution in [2.45, 2.75) is 126 Å². The number of likely N-dealkylation sites (tertiary alicyclic amines) is 2. The Bertz CT molecular complexity index is 3200. The van der Waals surface area contributed by atoms with Crippen LogP contribution in [-0.4, -0.2) is 73.0 Å². The van der Waals surface area contributed by atoms with Crippen molar-refractivity contribution < 1.29 is 44.7 Å². The molecule has 4 saturated carbocycles. The average molecular weight is 1140 g/mol. The van der Waals surface area contributed by atoms with E-state index in [9.17, 15) is 44.7 Å². The molecular formula is C64H72F8N8O2. The molecule has 2 spiro atoms. The van der Waals surface area contributed by atoms with Crippen LogP contribution in [0.1, 0.15) is 123 Å². The summed E-state index contributed by atoms with van der Waals surface area (Å²) in [6, 6.07) is 22.5. The zero-order valence-electron chi connectivity index (χ0n) is 46.4. The van der Waals surface area contributed by atoms with Gasteiger partial charge in [-0.05, 0) is 195 Å². The van der Waals surface area contributed by atoms with Crippen LogP contribution in [0.2, 0.25) is 0 Å². The van der Waals surface area contributed by atoms with Crippen LogP contribution in [0.25, 0.3) is 22.6 Å². The Kier molecular flexibility index (Phi) is 15.6. The van der Waals surface area contributed by atoms with E-state index in [4.69, 9.17) is 11.3 Å². The van der Waals surface area contributed by atoms with Crippen LogP contribution in [0.5, 0.6) is 0 Å². The zero-order valence-corrected chi connectivity index (χ0v) is 46.4. The number of piperidine rings is 2. The van der Waals surface area contributed by atoms with E-state index < -0.39 is 45.9 Å². The molecule has 0 aromatic heterocycles. The lowest BCUT2D eigenvalue weighted by molar-refractivity contribution is -0.138. The van der Waals surface area contributed by atoms with Crippen molar-refractivity contribution in [1.82, 2.24) is 20.4 Å². The van der Waals surface area contributed by atoms with Crippen LogP contribution in [0.4, 0.5) is 35.1 Å². The lowest BCUT2D eigenvalue weighted by atomic mass is 9.67. The normalized spacial score (nSPS) is 32.7. The fourth-order valence-electron chi connectivity index (χ4n) is 16.3. The number of alkyl halides is 6. The molecule has 12 atom stereocenters. The number of amides is 2. The Morgan fingerprint density at radius 2 is 1.10 bits per heavy atom. The van der Waals surface area contributed by atoms with Gasteiger partial charge in [-0.25, -0.2) is 8.78 Å². The molecule has 10 nitrogen and oxygen atoms in total. The first kappa shape index (κ1) is 57.7. The molecule has 18 heteroatoms. The number of carbonyl (C=O) groups excluding carboxylic acids is 2. The second-order valence-electron chi connectivity index (χ2n) is 25.2. The van der Waals surface area contributed by atoms with Crippen molar-refractivity contribution in [2.75, 3.05) is 39.3 Å². The number of carbonyl (C=O) groups is 2. The summed E-state index contributed by atoms with van der Waals surface area (Å²) in [5.41, 5.74) is 17.1. The van der Waals surface area contributed by atoms with Gasteiger partial charge in [0.1, 0.15) is 11.6 Å². The van der Waals surface area contributed by atoms with Gasteiger partial charge < -0.3 is 16.4 Å². The highest BCUT2D eigenvalue weighted by atomic mass is 19.4.